The summed E-state index contributed by atoms with van der Waals surface area (Å²) in [6.07, 6.45) is 6.65. The zero-order valence-electron chi connectivity index (χ0n) is 25.5. The van der Waals surface area contributed by atoms with Crippen molar-refractivity contribution in [2.75, 3.05) is 60.0 Å². The Bertz CT molecular complexity index is 1270. The summed E-state index contributed by atoms with van der Waals surface area (Å²) < 4.78 is 12.2. The van der Waals surface area contributed by atoms with Gasteiger partial charge < -0.3 is 19.3 Å². The summed E-state index contributed by atoms with van der Waals surface area (Å²) in [5.41, 5.74) is 3.56. The van der Waals surface area contributed by atoms with Gasteiger partial charge in [0.05, 0.1) is 0 Å². The highest BCUT2D eigenvalue weighted by molar-refractivity contribution is 5.94. The third-order valence-electron chi connectivity index (χ3n) is 8.85. The lowest BCUT2D eigenvalue weighted by atomic mass is 9.73. The minimum absolute atomic E-state index is 0.113. The lowest BCUT2D eigenvalue weighted by Crippen LogP contribution is -2.48. The van der Waals surface area contributed by atoms with Gasteiger partial charge in [0.1, 0.15) is 24.7 Å². The summed E-state index contributed by atoms with van der Waals surface area (Å²) in [6.45, 7) is 6.54. The first-order valence-corrected chi connectivity index (χ1v) is 15.6. The molecule has 2 aliphatic rings. The molecule has 3 aromatic carbocycles. The van der Waals surface area contributed by atoms with Crippen molar-refractivity contribution < 1.29 is 14.3 Å². The Morgan fingerprint density at radius 3 is 2.50 bits per heavy atom. The average molecular weight is 570 g/mol. The van der Waals surface area contributed by atoms with Gasteiger partial charge in [0.25, 0.3) is 5.91 Å². The van der Waals surface area contributed by atoms with Crippen LogP contribution >= 0.6 is 0 Å². The van der Waals surface area contributed by atoms with E-state index in [0.717, 1.165) is 76.5 Å². The number of piperidine rings is 1. The van der Waals surface area contributed by atoms with Crippen molar-refractivity contribution in [3.8, 4) is 11.5 Å². The Kier molecular flexibility index (Phi) is 10.5. The molecule has 0 saturated carbocycles. The Balaban J connectivity index is 1.27. The molecular weight excluding hydrogens is 522 g/mol. The average Bonchev–Trinajstić information content (AvgIpc) is 3.00. The van der Waals surface area contributed by atoms with E-state index in [1.54, 1.807) is 0 Å². The molecule has 3 aromatic rings. The summed E-state index contributed by atoms with van der Waals surface area (Å²) in [5.74, 6) is 1.91. The van der Waals surface area contributed by atoms with Gasteiger partial charge in [-0.05, 0) is 87.0 Å². The van der Waals surface area contributed by atoms with E-state index in [-0.39, 0.29) is 11.3 Å². The SMILES string of the molecule is CN(C)CCOc1cccc(C(=O)N2CCC3(CCCCc4ccccc4OCCN(Cc4ccccc4)C3)CC2)c1. The van der Waals surface area contributed by atoms with Crippen molar-refractivity contribution in [2.45, 2.75) is 45.1 Å². The lowest BCUT2D eigenvalue weighted by Gasteiger charge is -2.45. The molecule has 0 N–H and O–H groups in total. The molecule has 2 heterocycles. The van der Waals surface area contributed by atoms with Crippen LogP contribution in [-0.2, 0) is 13.0 Å². The molecule has 1 spiro atoms. The van der Waals surface area contributed by atoms with Gasteiger partial charge in [0, 0.05) is 44.8 Å². The molecule has 6 heteroatoms. The van der Waals surface area contributed by atoms with Crippen molar-refractivity contribution in [3.05, 3.63) is 95.6 Å². The first-order valence-electron chi connectivity index (χ1n) is 15.6. The Labute approximate surface area is 252 Å². The number of amides is 1. The predicted octanol–water partition coefficient (Wildman–Crippen LogP) is 6.16. The van der Waals surface area contributed by atoms with Gasteiger partial charge in [-0.3, -0.25) is 9.69 Å². The molecule has 1 saturated heterocycles. The molecule has 0 aliphatic carbocycles. The maximum Gasteiger partial charge on any atom is 0.253 e. The number of likely N-dealkylation sites (N-methyl/N-ethyl adjacent to an activating group) is 1. The standard InChI is InChI=1S/C36H47N3O3/c1-37(2)23-25-41-33-16-10-15-32(27-33)35(40)39-21-19-36(20-22-39)18-9-8-14-31-13-6-7-17-34(31)42-26-24-38(29-36)28-30-11-4-3-5-12-30/h3-7,10-13,15-17,27H,8-9,14,18-26,28-29H2,1-2H3. The molecule has 1 fully saturated rings. The maximum absolute atomic E-state index is 13.6. The van der Waals surface area contributed by atoms with Gasteiger partial charge >= 0.3 is 0 Å². The number of nitrogens with zero attached hydrogens (tertiary/aromatic N) is 3. The molecule has 5 rings (SSSR count). The van der Waals surface area contributed by atoms with Crippen molar-refractivity contribution in [2.24, 2.45) is 5.41 Å². The van der Waals surface area contributed by atoms with Crippen LogP contribution in [0.15, 0.2) is 78.9 Å². The first kappa shape index (κ1) is 30.1. The molecule has 2 aliphatic heterocycles. The van der Waals surface area contributed by atoms with Crippen LogP contribution in [0, 0.1) is 5.41 Å². The zero-order chi connectivity index (χ0) is 29.2. The number of rotatable bonds is 7. The zero-order valence-corrected chi connectivity index (χ0v) is 25.5. The number of likely N-dealkylation sites (tertiary alicyclic amines) is 1. The van der Waals surface area contributed by atoms with Crippen LogP contribution in [0.25, 0.3) is 0 Å². The summed E-state index contributed by atoms with van der Waals surface area (Å²) in [6, 6.07) is 27.0. The fraction of sp³-hybridized carbons (Fsp3) is 0.472. The topological polar surface area (TPSA) is 45.3 Å². The second-order valence-electron chi connectivity index (χ2n) is 12.3. The van der Waals surface area contributed by atoms with E-state index in [9.17, 15) is 4.79 Å². The molecular formula is C36H47N3O3. The second kappa shape index (κ2) is 14.7. The van der Waals surface area contributed by atoms with E-state index in [0.29, 0.717) is 18.8 Å². The fourth-order valence-electron chi connectivity index (χ4n) is 6.40. The van der Waals surface area contributed by atoms with Gasteiger partial charge in [-0.2, -0.15) is 0 Å². The van der Waals surface area contributed by atoms with E-state index >= 15 is 0 Å². The third kappa shape index (κ3) is 8.36. The Morgan fingerprint density at radius 2 is 1.69 bits per heavy atom. The predicted molar refractivity (Wildman–Crippen MR) is 169 cm³/mol. The number of ether oxygens (including phenoxy) is 2. The molecule has 0 radical (unpaired) electrons. The number of hydrogen-bond donors (Lipinski definition) is 0. The normalized spacial score (nSPS) is 18.0. The van der Waals surface area contributed by atoms with Crippen molar-refractivity contribution in [1.82, 2.24) is 14.7 Å². The highest BCUT2D eigenvalue weighted by Crippen LogP contribution is 2.39. The number of aryl methyl sites for hydroxylation is 1. The van der Waals surface area contributed by atoms with Crippen LogP contribution in [0.4, 0.5) is 0 Å². The molecule has 42 heavy (non-hydrogen) atoms. The minimum Gasteiger partial charge on any atom is -0.492 e. The molecule has 224 valence electrons. The number of carbonyl (C=O) groups excluding carboxylic acids is 1. The first-order chi connectivity index (χ1) is 20.5. The van der Waals surface area contributed by atoms with Gasteiger partial charge in [-0.1, -0.05) is 61.0 Å². The van der Waals surface area contributed by atoms with Gasteiger partial charge in [-0.25, -0.2) is 0 Å². The smallest absolute Gasteiger partial charge is 0.253 e. The molecule has 6 nitrogen and oxygen atoms in total. The Morgan fingerprint density at radius 1 is 0.905 bits per heavy atom. The van der Waals surface area contributed by atoms with Crippen LogP contribution in [-0.4, -0.2) is 80.6 Å². The molecule has 0 bridgehead atoms. The molecule has 1 amide bonds. The largest absolute Gasteiger partial charge is 0.492 e. The number of benzene rings is 3. The van der Waals surface area contributed by atoms with E-state index in [4.69, 9.17) is 9.47 Å². The van der Waals surface area contributed by atoms with Gasteiger partial charge in [0.15, 0.2) is 0 Å². The van der Waals surface area contributed by atoms with Crippen LogP contribution in [0.5, 0.6) is 11.5 Å². The number of carbonyl (C=O) groups is 1. The maximum atomic E-state index is 13.6. The summed E-state index contributed by atoms with van der Waals surface area (Å²) in [7, 11) is 4.06. The fourth-order valence-corrected chi connectivity index (χ4v) is 6.40. The van der Waals surface area contributed by atoms with E-state index < -0.39 is 0 Å². The number of para-hydroxylation sites is 1. The second-order valence-corrected chi connectivity index (χ2v) is 12.3. The van der Waals surface area contributed by atoms with Crippen molar-refractivity contribution in [3.63, 3.8) is 0 Å². The van der Waals surface area contributed by atoms with Crippen LogP contribution in [0.1, 0.15) is 53.6 Å². The van der Waals surface area contributed by atoms with Crippen LogP contribution in [0.2, 0.25) is 0 Å². The summed E-state index contributed by atoms with van der Waals surface area (Å²) >= 11 is 0. The monoisotopic (exact) mass is 569 g/mol. The number of fused-ring (bicyclic) bond motifs is 1. The third-order valence-corrected chi connectivity index (χ3v) is 8.85. The van der Waals surface area contributed by atoms with E-state index in [1.165, 1.54) is 24.0 Å². The quantitative estimate of drug-likeness (QED) is 0.341. The molecule has 0 aromatic heterocycles. The van der Waals surface area contributed by atoms with E-state index in [2.05, 4.69) is 69.3 Å². The van der Waals surface area contributed by atoms with Gasteiger partial charge in [-0.15, -0.1) is 0 Å². The summed E-state index contributed by atoms with van der Waals surface area (Å²) in [4.78, 5) is 20.3. The highest BCUT2D eigenvalue weighted by atomic mass is 16.5. The highest BCUT2D eigenvalue weighted by Gasteiger charge is 2.37. The molecule has 0 unspecified atom stereocenters. The van der Waals surface area contributed by atoms with Gasteiger partial charge in [0.2, 0.25) is 0 Å². The molecule has 0 atom stereocenters. The van der Waals surface area contributed by atoms with Crippen molar-refractivity contribution >= 4 is 5.91 Å². The number of hydrogen-bond acceptors (Lipinski definition) is 5. The minimum atomic E-state index is 0.113. The van der Waals surface area contributed by atoms with Crippen LogP contribution < -0.4 is 9.47 Å². The summed E-state index contributed by atoms with van der Waals surface area (Å²) in [5, 5.41) is 0. The van der Waals surface area contributed by atoms with E-state index in [1.807, 2.05) is 38.4 Å². The van der Waals surface area contributed by atoms with Crippen molar-refractivity contribution in [1.29, 1.82) is 0 Å². The van der Waals surface area contributed by atoms with Crippen LogP contribution in [0.3, 0.4) is 0 Å². The Hall–Kier alpha value is -3.35. The lowest BCUT2D eigenvalue weighted by molar-refractivity contribution is 0.0361.